The maximum Gasteiger partial charge on any atom is 0.252 e. The van der Waals surface area contributed by atoms with Crippen LogP contribution in [-0.2, 0) is 0 Å². The van der Waals surface area contributed by atoms with Gasteiger partial charge in [-0.15, -0.1) is 0 Å². The van der Waals surface area contributed by atoms with E-state index in [0.29, 0.717) is 28.7 Å². The van der Waals surface area contributed by atoms with Crippen LogP contribution in [0.15, 0.2) is 36.4 Å². The van der Waals surface area contributed by atoms with E-state index in [1.54, 1.807) is 18.2 Å². The smallest absolute Gasteiger partial charge is 0.252 e. The highest BCUT2D eigenvalue weighted by Gasteiger charge is 2.12. The van der Waals surface area contributed by atoms with Gasteiger partial charge < -0.3 is 16.2 Å². The normalized spacial score (nSPS) is 10.7. The molecule has 0 fully saturated rings. The molecule has 0 aliphatic carbocycles. The molecule has 0 bridgehead atoms. The first kappa shape index (κ1) is 14.9. The molecular formula is C17H20N2O2. The van der Waals surface area contributed by atoms with Crippen molar-refractivity contribution in [3.05, 3.63) is 53.1 Å². The fourth-order valence-corrected chi connectivity index (χ4v) is 2.31. The second kappa shape index (κ2) is 5.87. The first-order valence-electron chi connectivity index (χ1n) is 6.86. The van der Waals surface area contributed by atoms with Gasteiger partial charge in [0.15, 0.2) is 0 Å². The highest BCUT2D eigenvalue weighted by molar-refractivity contribution is 5.96. The lowest BCUT2D eigenvalue weighted by molar-refractivity contribution is 0.0998. The predicted octanol–water partition coefficient (Wildman–Crippen LogP) is 3.59. The Hall–Kier alpha value is -2.49. The summed E-state index contributed by atoms with van der Waals surface area (Å²) >= 11 is 0. The third kappa shape index (κ3) is 3.34. The van der Waals surface area contributed by atoms with Crippen LogP contribution in [0.25, 0.3) is 0 Å². The predicted molar refractivity (Wildman–Crippen MR) is 84.7 cm³/mol. The Bertz CT molecular complexity index is 678. The quantitative estimate of drug-likeness (QED) is 0.842. The minimum Gasteiger partial charge on any atom is -0.456 e. The molecule has 0 aliphatic rings. The second-order valence-electron chi connectivity index (χ2n) is 5.40. The number of hydrogen-bond acceptors (Lipinski definition) is 3. The van der Waals surface area contributed by atoms with Crippen LogP contribution in [-0.4, -0.2) is 5.91 Å². The van der Waals surface area contributed by atoms with Gasteiger partial charge in [-0.2, -0.15) is 0 Å². The van der Waals surface area contributed by atoms with E-state index in [9.17, 15) is 4.79 Å². The fourth-order valence-electron chi connectivity index (χ4n) is 2.31. The number of amides is 1. The summed E-state index contributed by atoms with van der Waals surface area (Å²) < 4.78 is 5.79. The van der Waals surface area contributed by atoms with E-state index in [-0.39, 0.29) is 0 Å². The van der Waals surface area contributed by atoms with Gasteiger partial charge in [0.05, 0.1) is 5.56 Å². The van der Waals surface area contributed by atoms with Crippen molar-refractivity contribution in [2.75, 3.05) is 5.73 Å². The summed E-state index contributed by atoms with van der Waals surface area (Å²) in [6, 6.07) is 10.7. The third-order valence-electron chi connectivity index (χ3n) is 3.36. The Morgan fingerprint density at radius 3 is 2.43 bits per heavy atom. The summed E-state index contributed by atoms with van der Waals surface area (Å²) in [5.74, 6) is 0.942. The lowest BCUT2D eigenvalue weighted by Crippen LogP contribution is -2.12. The molecule has 0 heterocycles. The fraction of sp³-hybridized carbons (Fsp3) is 0.235. The molecule has 0 aliphatic heterocycles. The molecular weight excluding hydrogens is 264 g/mol. The van der Waals surface area contributed by atoms with Crippen molar-refractivity contribution in [3.8, 4) is 11.5 Å². The highest BCUT2D eigenvalue weighted by atomic mass is 16.5. The van der Waals surface area contributed by atoms with E-state index >= 15 is 0 Å². The van der Waals surface area contributed by atoms with Crippen molar-refractivity contribution in [3.63, 3.8) is 0 Å². The van der Waals surface area contributed by atoms with Gasteiger partial charge in [0.25, 0.3) is 5.91 Å². The summed E-state index contributed by atoms with van der Waals surface area (Å²) in [6.07, 6.45) is 0. The SMILES string of the molecule is Cc1cc(Oc2cc(N)ccc2C(N)=O)ccc1C(C)C. The molecule has 4 nitrogen and oxygen atoms in total. The van der Waals surface area contributed by atoms with Gasteiger partial charge in [-0.05, 0) is 48.2 Å². The Labute approximate surface area is 124 Å². The molecule has 0 saturated carbocycles. The lowest BCUT2D eigenvalue weighted by Gasteiger charge is -2.14. The van der Waals surface area contributed by atoms with Crippen molar-refractivity contribution in [1.29, 1.82) is 0 Å². The van der Waals surface area contributed by atoms with Crippen molar-refractivity contribution >= 4 is 11.6 Å². The molecule has 2 aromatic carbocycles. The molecule has 110 valence electrons. The molecule has 0 atom stereocenters. The Morgan fingerprint density at radius 1 is 1.14 bits per heavy atom. The molecule has 4 N–H and O–H groups in total. The van der Waals surface area contributed by atoms with Crippen molar-refractivity contribution in [2.24, 2.45) is 5.73 Å². The molecule has 0 unspecified atom stereocenters. The second-order valence-corrected chi connectivity index (χ2v) is 5.40. The molecule has 0 radical (unpaired) electrons. The number of anilines is 1. The molecule has 2 rings (SSSR count). The number of hydrogen-bond donors (Lipinski definition) is 2. The van der Waals surface area contributed by atoms with Gasteiger partial charge in [-0.25, -0.2) is 0 Å². The van der Waals surface area contributed by atoms with Crippen LogP contribution in [0.3, 0.4) is 0 Å². The topological polar surface area (TPSA) is 78.3 Å². The van der Waals surface area contributed by atoms with Crippen LogP contribution in [0.2, 0.25) is 0 Å². The maximum atomic E-state index is 11.4. The number of rotatable bonds is 4. The van der Waals surface area contributed by atoms with Crippen LogP contribution >= 0.6 is 0 Å². The molecule has 0 saturated heterocycles. The monoisotopic (exact) mass is 284 g/mol. The van der Waals surface area contributed by atoms with Crippen LogP contribution in [0.4, 0.5) is 5.69 Å². The van der Waals surface area contributed by atoms with E-state index in [0.717, 1.165) is 5.56 Å². The van der Waals surface area contributed by atoms with Crippen molar-refractivity contribution < 1.29 is 9.53 Å². The minimum absolute atomic E-state index is 0.315. The number of carbonyl (C=O) groups excluding carboxylic acids is 1. The number of primary amides is 1. The Morgan fingerprint density at radius 2 is 1.86 bits per heavy atom. The number of benzene rings is 2. The third-order valence-corrected chi connectivity index (χ3v) is 3.36. The summed E-state index contributed by atoms with van der Waals surface area (Å²) in [7, 11) is 0. The number of nitrogen functional groups attached to an aromatic ring is 1. The standard InChI is InChI=1S/C17H20N2O2/c1-10(2)14-7-5-13(8-11(14)3)21-16-9-12(18)4-6-15(16)17(19)20/h4-10H,18H2,1-3H3,(H2,19,20). The van der Waals surface area contributed by atoms with Gasteiger partial charge in [0.2, 0.25) is 0 Å². The summed E-state index contributed by atoms with van der Waals surface area (Å²) in [5.41, 5.74) is 14.3. The van der Waals surface area contributed by atoms with E-state index in [1.165, 1.54) is 5.56 Å². The van der Waals surface area contributed by atoms with E-state index in [4.69, 9.17) is 16.2 Å². The first-order valence-corrected chi connectivity index (χ1v) is 6.86. The van der Waals surface area contributed by atoms with Gasteiger partial charge in [-0.1, -0.05) is 19.9 Å². The average molecular weight is 284 g/mol. The molecule has 2 aromatic rings. The zero-order chi connectivity index (χ0) is 15.6. The largest absolute Gasteiger partial charge is 0.456 e. The number of nitrogens with two attached hydrogens (primary N) is 2. The maximum absolute atomic E-state index is 11.4. The molecule has 0 spiro atoms. The number of ether oxygens (including phenoxy) is 1. The zero-order valence-corrected chi connectivity index (χ0v) is 12.5. The van der Waals surface area contributed by atoms with Crippen LogP contribution in [0.1, 0.15) is 41.3 Å². The van der Waals surface area contributed by atoms with Crippen LogP contribution < -0.4 is 16.2 Å². The van der Waals surface area contributed by atoms with Gasteiger partial charge >= 0.3 is 0 Å². The Kier molecular flexibility index (Phi) is 4.17. The van der Waals surface area contributed by atoms with E-state index < -0.39 is 5.91 Å². The lowest BCUT2D eigenvalue weighted by atomic mass is 9.98. The molecule has 4 heteroatoms. The zero-order valence-electron chi connectivity index (χ0n) is 12.5. The van der Waals surface area contributed by atoms with Gasteiger partial charge in [-0.3, -0.25) is 4.79 Å². The molecule has 21 heavy (non-hydrogen) atoms. The number of carbonyl (C=O) groups is 1. The van der Waals surface area contributed by atoms with E-state index in [1.807, 2.05) is 25.1 Å². The number of aryl methyl sites for hydroxylation is 1. The van der Waals surface area contributed by atoms with Gasteiger partial charge in [0, 0.05) is 11.8 Å². The Balaban J connectivity index is 2.36. The minimum atomic E-state index is -0.541. The summed E-state index contributed by atoms with van der Waals surface area (Å²) in [6.45, 7) is 6.33. The van der Waals surface area contributed by atoms with Crippen LogP contribution in [0.5, 0.6) is 11.5 Å². The van der Waals surface area contributed by atoms with Crippen molar-refractivity contribution in [2.45, 2.75) is 26.7 Å². The first-order chi connectivity index (χ1) is 9.88. The highest BCUT2D eigenvalue weighted by Crippen LogP contribution is 2.30. The average Bonchev–Trinajstić information content (AvgIpc) is 2.37. The van der Waals surface area contributed by atoms with E-state index in [2.05, 4.69) is 13.8 Å². The van der Waals surface area contributed by atoms with Crippen molar-refractivity contribution in [1.82, 2.24) is 0 Å². The summed E-state index contributed by atoms with van der Waals surface area (Å²) in [5, 5.41) is 0. The molecule has 1 amide bonds. The molecule has 0 aromatic heterocycles. The van der Waals surface area contributed by atoms with Gasteiger partial charge in [0.1, 0.15) is 11.5 Å². The summed E-state index contributed by atoms with van der Waals surface area (Å²) in [4.78, 5) is 11.4. The van der Waals surface area contributed by atoms with Crippen LogP contribution in [0, 0.1) is 6.92 Å².